The van der Waals surface area contributed by atoms with Gasteiger partial charge in [0.1, 0.15) is 0 Å². The van der Waals surface area contributed by atoms with Gasteiger partial charge in [-0.1, -0.05) is 13.8 Å². The van der Waals surface area contributed by atoms with Crippen molar-refractivity contribution < 1.29 is 14.3 Å². The number of aliphatic carboxylic acids is 1. The molecule has 1 aliphatic rings. The molecule has 1 unspecified atom stereocenters. The van der Waals surface area contributed by atoms with E-state index >= 15 is 0 Å². The Hall–Kier alpha value is -1.39. The normalized spacial score (nSPS) is 25.2. The van der Waals surface area contributed by atoms with E-state index in [4.69, 9.17) is 9.52 Å². The highest BCUT2D eigenvalue weighted by atomic mass is 16.4. The van der Waals surface area contributed by atoms with E-state index in [2.05, 4.69) is 17.1 Å². The van der Waals surface area contributed by atoms with Crippen LogP contribution in [0, 0.1) is 11.8 Å². The zero-order valence-corrected chi connectivity index (χ0v) is 11.6. The molecular formula is C14H22N2O3. The second kappa shape index (κ2) is 6.17. The highest BCUT2D eigenvalue weighted by molar-refractivity contribution is 5.66. The molecule has 5 heteroatoms. The zero-order chi connectivity index (χ0) is 13.8. The van der Waals surface area contributed by atoms with Crippen molar-refractivity contribution in [3.8, 4) is 0 Å². The number of aromatic nitrogens is 2. The van der Waals surface area contributed by atoms with Crippen LogP contribution in [0.5, 0.6) is 0 Å². The van der Waals surface area contributed by atoms with Gasteiger partial charge in [-0.15, -0.1) is 10.2 Å². The van der Waals surface area contributed by atoms with Gasteiger partial charge in [-0.2, -0.15) is 0 Å². The second-order valence-corrected chi connectivity index (χ2v) is 5.90. The first-order valence-electron chi connectivity index (χ1n) is 7.08. The van der Waals surface area contributed by atoms with Crippen molar-refractivity contribution in [2.75, 3.05) is 0 Å². The quantitative estimate of drug-likeness (QED) is 0.886. The maximum Gasteiger partial charge on any atom is 0.303 e. The van der Waals surface area contributed by atoms with E-state index in [0.29, 0.717) is 18.2 Å². The standard InChI is InChI=1S/C14H22N2O3/c1-9-3-5-11(6-4-9)14-16-15-12(19-14)7-10(2)8-13(17)18/h9-11H,3-8H2,1-2H3,(H,17,18). The number of carbonyl (C=O) groups is 1. The van der Waals surface area contributed by atoms with E-state index in [1.807, 2.05) is 6.92 Å². The van der Waals surface area contributed by atoms with Crippen molar-refractivity contribution >= 4 is 5.97 Å². The fraction of sp³-hybridized carbons (Fsp3) is 0.786. The van der Waals surface area contributed by atoms with E-state index in [1.54, 1.807) is 0 Å². The molecule has 0 bridgehead atoms. The van der Waals surface area contributed by atoms with Crippen LogP contribution >= 0.6 is 0 Å². The lowest BCUT2D eigenvalue weighted by Gasteiger charge is -2.23. The van der Waals surface area contributed by atoms with Crippen molar-refractivity contribution in [3.05, 3.63) is 11.8 Å². The van der Waals surface area contributed by atoms with Crippen LogP contribution in [-0.4, -0.2) is 21.3 Å². The molecule has 0 amide bonds. The Labute approximate surface area is 113 Å². The number of hydrogen-bond acceptors (Lipinski definition) is 4. The van der Waals surface area contributed by atoms with E-state index in [1.165, 1.54) is 12.8 Å². The molecule has 19 heavy (non-hydrogen) atoms. The van der Waals surface area contributed by atoms with Gasteiger partial charge in [0.15, 0.2) is 0 Å². The predicted molar refractivity (Wildman–Crippen MR) is 69.8 cm³/mol. The van der Waals surface area contributed by atoms with Gasteiger partial charge in [0.05, 0.1) is 0 Å². The largest absolute Gasteiger partial charge is 0.481 e. The molecule has 1 aromatic rings. The van der Waals surface area contributed by atoms with Crippen LogP contribution in [0.2, 0.25) is 0 Å². The summed E-state index contributed by atoms with van der Waals surface area (Å²) in [5, 5.41) is 16.9. The summed E-state index contributed by atoms with van der Waals surface area (Å²) in [6.07, 6.45) is 5.36. The summed E-state index contributed by atoms with van der Waals surface area (Å²) in [5.74, 6) is 1.75. The molecule has 1 aliphatic carbocycles. The average molecular weight is 266 g/mol. The van der Waals surface area contributed by atoms with Gasteiger partial charge >= 0.3 is 5.97 Å². The minimum absolute atomic E-state index is 0.0252. The molecule has 106 valence electrons. The Balaban J connectivity index is 1.90. The first-order chi connectivity index (χ1) is 9.04. The van der Waals surface area contributed by atoms with Crippen molar-refractivity contribution in [2.45, 2.75) is 58.3 Å². The van der Waals surface area contributed by atoms with Gasteiger partial charge in [0.2, 0.25) is 11.8 Å². The van der Waals surface area contributed by atoms with Crippen molar-refractivity contribution in [1.29, 1.82) is 0 Å². The lowest BCUT2D eigenvalue weighted by atomic mass is 9.83. The number of hydrogen-bond donors (Lipinski definition) is 1. The number of rotatable bonds is 5. The third-order valence-electron chi connectivity index (χ3n) is 3.89. The summed E-state index contributed by atoms with van der Waals surface area (Å²) >= 11 is 0. The molecule has 5 nitrogen and oxygen atoms in total. The number of carboxylic acids is 1. The van der Waals surface area contributed by atoms with Crippen LogP contribution in [0.4, 0.5) is 0 Å². The lowest BCUT2D eigenvalue weighted by molar-refractivity contribution is -0.137. The zero-order valence-electron chi connectivity index (χ0n) is 11.6. The maximum atomic E-state index is 10.6. The van der Waals surface area contributed by atoms with Gasteiger partial charge in [-0.3, -0.25) is 4.79 Å². The minimum Gasteiger partial charge on any atom is -0.481 e. The highest BCUT2D eigenvalue weighted by Crippen LogP contribution is 2.34. The fourth-order valence-corrected chi connectivity index (χ4v) is 2.69. The molecule has 1 saturated carbocycles. The topological polar surface area (TPSA) is 76.2 Å². The predicted octanol–water partition coefficient (Wildman–Crippen LogP) is 3.02. The van der Waals surface area contributed by atoms with Crippen LogP contribution in [0.3, 0.4) is 0 Å². The summed E-state index contributed by atoms with van der Waals surface area (Å²) in [6.45, 7) is 4.17. The van der Waals surface area contributed by atoms with Crippen LogP contribution in [0.15, 0.2) is 4.42 Å². The first-order valence-corrected chi connectivity index (χ1v) is 7.08. The Kier molecular flexibility index (Phi) is 4.56. The van der Waals surface area contributed by atoms with Gasteiger partial charge in [0.25, 0.3) is 0 Å². The molecule has 0 radical (unpaired) electrons. The molecular weight excluding hydrogens is 244 g/mol. The molecule has 0 spiro atoms. The number of nitrogens with zero attached hydrogens (tertiary/aromatic N) is 2. The highest BCUT2D eigenvalue weighted by Gasteiger charge is 2.24. The van der Waals surface area contributed by atoms with E-state index < -0.39 is 5.97 Å². The second-order valence-electron chi connectivity index (χ2n) is 5.90. The molecule has 1 aromatic heterocycles. The van der Waals surface area contributed by atoms with Gasteiger partial charge in [0, 0.05) is 18.8 Å². The lowest BCUT2D eigenvalue weighted by Crippen LogP contribution is -2.11. The summed E-state index contributed by atoms with van der Waals surface area (Å²) in [4.78, 5) is 10.6. The molecule has 1 atom stereocenters. The Morgan fingerprint density at radius 3 is 2.68 bits per heavy atom. The monoisotopic (exact) mass is 266 g/mol. The van der Waals surface area contributed by atoms with E-state index in [0.717, 1.165) is 24.7 Å². The SMILES string of the molecule is CC1CCC(c2nnc(CC(C)CC(=O)O)o2)CC1. The molecule has 1 fully saturated rings. The van der Waals surface area contributed by atoms with Gasteiger partial charge in [-0.05, 0) is 37.5 Å². The minimum atomic E-state index is -0.784. The van der Waals surface area contributed by atoms with Crippen LogP contribution in [-0.2, 0) is 11.2 Å². The summed E-state index contributed by atoms with van der Waals surface area (Å²) < 4.78 is 5.70. The third kappa shape index (κ3) is 4.04. The van der Waals surface area contributed by atoms with Gasteiger partial charge < -0.3 is 9.52 Å². The van der Waals surface area contributed by atoms with Crippen molar-refractivity contribution in [2.24, 2.45) is 11.8 Å². The average Bonchev–Trinajstić information content (AvgIpc) is 2.77. The smallest absolute Gasteiger partial charge is 0.303 e. The summed E-state index contributed by atoms with van der Waals surface area (Å²) in [7, 11) is 0. The van der Waals surface area contributed by atoms with E-state index in [-0.39, 0.29) is 12.3 Å². The molecule has 0 aliphatic heterocycles. The first kappa shape index (κ1) is 14.0. The van der Waals surface area contributed by atoms with Crippen LogP contribution in [0.1, 0.15) is 63.7 Å². The Morgan fingerprint density at radius 2 is 2.05 bits per heavy atom. The van der Waals surface area contributed by atoms with Gasteiger partial charge in [-0.25, -0.2) is 0 Å². The van der Waals surface area contributed by atoms with Crippen molar-refractivity contribution in [3.63, 3.8) is 0 Å². The molecule has 0 aromatic carbocycles. The van der Waals surface area contributed by atoms with Crippen LogP contribution in [0.25, 0.3) is 0 Å². The molecule has 2 rings (SSSR count). The molecule has 1 heterocycles. The van der Waals surface area contributed by atoms with Crippen LogP contribution < -0.4 is 0 Å². The summed E-state index contributed by atoms with van der Waals surface area (Å²) in [5.41, 5.74) is 0. The number of carboxylic acid groups (broad SMARTS) is 1. The Bertz CT molecular complexity index is 422. The summed E-state index contributed by atoms with van der Waals surface area (Å²) in [6, 6.07) is 0. The molecule has 1 N–H and O–H groups in total. The third-order valence-corrected chi connectivity index (χ3v) is 3.89. The molecule has 0 saturated heterocycles. The Morgan fingerprint density at radius 1 is 1.37 bits per heavy atom. The van der Waals surface area contributed by atoms with E-state index in [9.17, 15) is 4.79 Å². The maximum absolute atomic E-state index is 10.6. The fourth-order valence-electron chi connectivity index (χ4n) is 2.69. The van der Waals surface area contributed by atoms with Crippen molar-refractivity contribution in [1.82, 2.24) is 10.2 Å².